The number of carbonyl (C=O) groups excluding carboxylic acids is 1. The van der Waals surface area contributed by atoms with Gasteiger partial charge >= 0.3 is 0 Å². The summed E-state index contributed by atoms with van der Waals surface area (Å²) in [5, 5.41) is 7.53. The third-order valence-corrected chi connectivity index (χ3v) is 5.34. The topological polar surface area (TPSA) is 46.9 Å². The van der Waals surface area contributed by atoms with Gasteiger partial charge in [-0.2, -0.15) is 5.10 Å². The normalized spacial score (nSPS) is 12.0. The lowest BCUT2D eigenvalue weighted by Gasteiger charge is -2.14. The molecule has 0 aliphatic heterocycles. The lowest BCUT2D eigenvalue weighted by atomic mass is 10.1. The van der Waals surface area contributed by atoms with Crippen molar-refractivity contribution in [2.75, 3.05) is 0 Å². The van der Waals surface area contributed by atoms with Crippen molar-refractivity contribution in [1.82, 2.24) is 15.1 Å². The number of hydrogen-bond acceptors (Lipinski definition) is 2. The fraction of sp³-hybridized carbons (Fsp3) is 0.238. The number of nitrogens with one attached hydrogen (secondary N) is 1. The Hall–Kier alpha value is -2.18. The molecular formula is C21H20BrClFN3O. The number of rotatable bonds is 6. The lowest BCUT2D eigenvalue weighted by molar-refractivity contribution is 0.0938. The number of benzene rings is 2. The Labute approximate surface area is 176 Å². The van der Waals surface area contributed by atoms with Crippen molar-refractivity contribution in [3.05, 3.63) is 80.8 Å². The van der Waals surface area contributed by atoms with Crippen molar-refractivity contribution in [3.8, 4) is 5.69 Å². The second-order valence-electron chi connectivity index (χ2n) is 6.68. The van der Waals surface area contributed by atoms with Gasteiger partial charge in [-0.15, -0.1) is 0 Å². The highest BCUT2D eigenvalue weighted by molar-refractivity contribution is 9.10. The van der Waals surface area contributed by atoms with E-state index in [1.165, 1.54) is 22.4 Å². The minimum Gasteiger partial charge on any atom is -0.349 e. The van der Waals surface area contributed by atoms with E-state index in [0.29, 0.717) is 16.9 Å². The molecular weight excluding hydrogens is 445 g/mol. The molecule has 146 valence electrons. The van der Waals surface area contributed by atoms with E-state index in [9.17, 15) is 9.18 Å². The van der Waals surface area contributed by atoms with Gasteiger partial charge in [-0.25, -0.2) is 9.07 Å². The van der Waals surface area contributed by atoms with E-state index in [1.807, 2.05) is 19.1 Å². The van der Waals surface area contributed by atoms with Crippen LogP contribution in [-0.4, -0.2) is 21.7 Å². The third kappa shape index (κ3) is 4.80. The summed E-state index contributed by atoms with van der Waals surface area (Å²) in [6.45, 7) is 3.69. The summed E-state index contributed by atoms with van der Waals surface area (Å²) >= 11 is 9.84. The molecule has 4 nitrogen and oxygen atoms in total. The molecule has 1 amide bonds. The van der Waals surface area contributed by atoms with E-state index in [0.717, 1.165) is 17.3 Å². The number of aryl methyl sites for hydroxylation is 2. The zero-order valence-corrected chi connectivity index (χ0v) is 17.9. The highest BCUT2D eigenvalue weighted by Crippen LogP contribution is 2.24. The van der Waals surface area contributed by atoms with Crippen LogP contribution in [0.3, 0.4) is 0 Å². The predicted molar refractivity (Wildman–Crippen MR) is 113 cm³/mol. The molecule has 0 unspecified atom stereocenters. The molecule has 7 heteroatoms. The fourth-order valence-corrected chi connectivity index (χ4v) is 3.54. The van der Waals surface area contributed by atoms with Gasteiger partial charge in [0.05, 0.1) is 16.9 Å². The van der Waals surface area contributed by atoms with Crippen molar-refractivity contribution < 1.29 is 9.18 Å². The predicted octanol–water partition coefficient (Wildman–Crippen LogP) is 5.49. The molecule has 1 N–H and O–H groups in total. The van der Waals surface area contributed by atoms with Crippen LogP contribution in [0.5, 0.6) is 0 Å². The summed E-state index contributed by atoms with van der Waals surface area (Å²) < 4.78 is 15.6. The first-order valence-electron chi connectivity index (χ1n) is 8.91. The average Bonchev–Trinajstić information content (AvgIpc) is 2.96. The molecule has 0 spiro atoms. The first kappa shape index (κ1) is 20.6. The van der Waals surface area contributed by atoms with Crippen LogP contribution in [0.1, 0.15) is 35.0 Å². The SMILES string of the molecule is Cc1nn(-c2ccc(F)cc2)c(Cl)c1C(=O)N[C@H](C)CCc1ccc(Br)cc1. The quantitative estimate of drug-likeness (QED) is 0.524. The van der Waals surface area contributed by atoms with E-state index in [4.69, 9.17) is 11.6 Å². The molecule has 3 aromatic rings. The van der Waals surface area contributed by atoms with Gasteiger partial charge in [0, 0.05) is 10.5 Å². The summed E-state index contributed by atoms with van der Waals surface area (Å²) in [5.74, 6) is -0.611. The van der Waals surface area contributed by atoms with Gasteiger partial charge in [-0.1, -0.05) is 39.7 Å². The Bertz CT molecular complexity index is 971. The van der Waals surface area contributed by atoms with Crippen LogP contribution >= 0.6 is 27.5 Å². The number of halogens is 3. The zero-order valence-electron chi connectivity index (χ0n) is 15.5. The van der Waals surface area contributed by atoms with Gasteiger partial charge in [0.25, 0.3) is 5.91 Å². The minimum absolute atomic E-state index is 0.0271. The summed E-state index contributed by atoms with van der Waals surface area (Å²) in [6.07, 6.45) is 1.66. The van der Waals surface area contributed by atoms with Gasteiger partial charge in [0.15, 0.2) is 0 Å². The Morgan fingerprint density at radius 1 is 1.21 bits per heavy atom. The molecule has 0 aliphatic carbocycles. The van der Waals surface area contributed by atoms with E-state index in [2.05, 4.69) is 38.5 Å². The van der Waals surface area contributed by atoms with E-state index in [1.54, 1.807) is 19.1 Å². The molecule has 0 bridgehead atoms. The van der Waals surface area contributed by atoms with Crippen LogP contribution in [0.4, 0.5) is 4.39 Å². The number of aromatic nitrogens is 2. The van der Waals surface area contributed by atoms with Crippen molar-refractivity contribution in [2.24, 2.45) is 0 Å². The van der Waals surface area contributed by atoms with Crippen molar-refractivity contribution in [2.45, 2.75) is 32.7 Å². The van der Waals surface area contributed by atoms with Crippen LogP contribution in [0.2, 0.25) is 5.15 Å². The summed E-state index contributed by atoms with van der Waals surface area (Å²) in [6, 6.07) is 13.9. The Balaban J connectivity index is 1.68. The number of hydrogen-bond donors (Lipinski definition) is 1. The van der Waals surface area contributed by atoms with Gasteiger partial charge < -0.3 is 5.32 Å². The molecule has 0 radical (unpaired) electrons. The second kappa shape index (κ2) is 8.88. The van der Waals surface area contributed by atoms with Crippen LogP contribution in [0.25, 0.3) is 5.69 Å². The molecule has 2 aromatic carbocycles. The van der Waals surface area contributed by atoms with Crippen molar-refractivity contribution in [1.29, 1.82) is 0 Å². The molecule has 0 saturated carbocycles. The second-order valence-corrected chi connectivity index (χ2v) is 7.95. The maximum Gasteiger partial charge on any atom is 0.256 e. The van der Waals surface area contributed by atoms with Crippen molar-refractivity contribution in [3.63, 3.8) is 0 Å². The number of nitrogens with zero attached hydrogens (tertiary/aromatic N) is 2. The minimum atomic E-state index is -0.346. The Morgan fingerprint density at radius 2 is 1.86 bits per heavy atom. The lowest BCUT2D eigenvalue weighted by Crippen LogP contribution is -2.33. The van der Waals surface area contributed by atoms with Gasteiger partial charge in [-0.3, -0.25) is 4.79 Å². The van der Waals surface area contributed by atoms with E-state index < -0.39 is 0 Å². The molecule has 0 saturated heterocycles. The van der Waals surface area contributed by atoms with Crippen LogP contribution in [-0.2, 0) is 6.42 Å². The highest BCUT2D eigenvalue weighted by Gasteiger charge is 2.22. The van der Waals surface area contributed by atoms with Crippen LogP contribution in [0, 0.1) is 12.7 Å². The molecule has 3 rings (SSSR count). The first-order chi connectivity index (χ1) is 13.3. The maximum absolute atomic E-state index is 13.1. The number of carbonyl (C=O) groups is 1. The standard InChI is InChI=1S/C21H20BrClFN3O/c1-13(3-4-15-5-7-16(22)8-6-15)25-21(28)19-14(2)26-27(20(19)23)18-11-9-17(24)10-12-18/h5-13H,3-4H2,1-2H3,(H,25,28)/t13-/m1/s1. The average molecular weight is 465 g/mol. The third-order valence-electron chi connectivity index (χ3n) is 4.46. The van der Waals surface area contributed by atoms with Crippen LogP contribution < -0.4 is 5.32 Å². The Morgan fingerprint density at radius 3 is 2.50 bits per heavy atom. The van der Waals surface area contributed by atoms with Gasteiger partial charge in [0.2, 0.25) is 0 Å². The fourth-order valence-electron chi connectivity index (χ4n) is 2.91. The molecule has 1 aromatic heterocycles. The van der Waals surface area contributed by atoms with E-state index in [-0.39, 0.29) is 22.9 Å². The highest BCUT2D eigenvalue weighted by atomic mass is 79.9. The smallest absolute Gasteiger partial charge is 0.256 e. The number of amides is 1. The zero-order chi connectivity index (χ0) is 20.3. The van der Waals surface area contributed by atoms with Gasteiger partial charge in [0.1, 0.15) is 11.0 Å². The molecule has 1 atom stereocenters. The van der Waals surface area contributed by atoms with Crippen molar-refractivity contribution >= 4 is 33.4 Å². The van der Waals surface area contributed by atoms with E-state index >= 15 is 0 Å². The molecule has 0 fully saturated rings. The molecule has 28 heavy (non-hydrogen) atoms. The molecule has 1 heterocycles. The summed E-state index contributed by atoms with van der Waals surface area (Å²) in [5.41, 5.74) is 2.66. The van der Waals surface area contributed by atoms with Crippen LogP contribution in [0.15, 0.2) is 53.0 Å². The maximum atomic E-state index is 13.1. The monoisotopic (exact) mass is 463 g/mol. The largest absolute Gasteiger partial charge is 0.349 e. The summed E-state index contributed by atoms with van der Waals surface area (Å²) in [7, 11) is 0. The Kier molecular flexibility index (Phi) is 6.52. The van der Waals surface area contributed by atoms with Gasteiger partial charge in [-0.05, 0) is 68.7 Å². The summed E-state index contributed by atoms with van der Waals surface area (Å²) in [4.78, 5) is 12.7. The molecule has 0 aliphatic rings. The first-order valence-corrected chi connectivity index (χ1v) is 10.1.